The fourth-order valence-electron chi connectivity index (χ4n) is 5.93. The zero-order valence-electron chi connectivity index (χ0n) is 18.3. The van der Waals surface area contributed by atoms with Crippen molar-refractivity contribution in [1.82, 2.24) is 9.88 Å². The summed E-state index contributed by atoms with van der Waals surface area (Å²) < 4.78 is 14.5. The van der Waals surface area contributed by atoms with Crippen molar-refractivity contribution in [2.45, 2.75) is 17.5 Å². The molecule has 2 saturated heterocycles. The van der Waals surface area contributed by atoms with E-state index in [1.807, 2.05) is 4.90 Å². The third-order valence-corrected chi connectivity index (χ3v) is 8.34. The van der Waals surface area contributed by atoms with Crippen LogP contribution >= 0.6 is 11.8 Å². The van der Waals surface area contributed by atoms with E-state index in [9.17, 15) is 24.1 Å². The molecule has 3 aromatic rings. The Labute approximate surface area is 203 Å². The molecule has 3 aliphatic heterocycles. The maximum absolute atomic E-state index is 14.5. The number of nitrogens with one attached hydrogen (secondary N) is 1. The number of hydrogen-bond acceptors (Lipinski definition) is 7. The van der Waals surface area contributed by atoms with Gasteiger partial charge in [-0.25, -0.2) is 4.39 Å². The van der Waals surface area contributed by atoms with Crippen LogP contribution in [0.3, 0.4) is 0 Å². The highest BCUT2D eigenvalue weighted by molar-refractivity contribution is 7.99. The van der Waals surface area contributed by atoms with Crippen LogP contribution in [0.5, 0.6) is 0 Å². The van der Waals surface area contributed by atoms with Crippen molar-refractivity contribution in [3.05, 3.63) is 99.6 Å². The van der Waals surface area contributed by atoms with Crippen LogP contribution in [0.2, 0.25) is 0 Å². The summed E-state index contributed by atoms with van der Waals surface area (Å²) in [6, 6.07) is 13.4. The Morgan fingerprint density at radius 1 is 1.23 bits per heavy atom. The number of benzene rings is 2. The lowest BCUT2D eigenvalue weighted by molar-refractivity contribution is -0.384. The average Bonchev–Trinajstić information content (AvgIpc) is 3.53. The monoisotopic (exact) mass is 490 g/mol. The van der Waals surface area contributed by atoms with Crippen LogP contribution in [0.4, 0.5) is 15.8 Å². The predicted octanol–water partition coefficient (Wildman–Crippen LogP) is 3.95. The summed E-state index contributed by atoms with van der Waals surface area (Å²) in [7, 11) is 0. The predicted molar refractivity (Wildman–Crippen MR) is 128 cm³/mol. The number of nitro benzene ring substituents is 1. The van der Waals surface area contributed by atoms with Gasteiger partial charge in [0.2, 0.25) is 5.91 Å². The molecule has 1 aromatic heterocycles. The molecule has 3 aliphatic rings. The Kier molecular flexibility index (Phi) is 4.97. The number of non-ortho nitro benzene ring substituents is 1. The summed E-state index contributed by atoms with van der Waals surface area (Å²) in [5.74, 6) is -1.30. The topological polar surface area (TPSA) is 105 Å². The first-order chi connectivity index (χ1) is 16.9. The zero-order valence-corrected chi connectivity index (χ0v) is 19.1. The van der Waals surface area contributed by atoms with Crippen molar-refractivity contribution in [2.75, 3.05) is 16.9 Å². The van der Waals surface area contributed by atoms with Gasteiger partial charge in [-0.15, -0.1) is 11.8 Å². The number of anilines is 1. The number of amides is 1. The number of aromatic nitrogens is 1. The van der Waals surface area contributed by atoms with Crippen molar-refractivity contribution in [3.63, 3.8) is 0 Å². The number of carbonyl (C=O) groups excluding carboxylic acids is 2. The third-order valence-electron chi connectivity index (χ3n) is 7.30. The molecule has 3 unspecified atom stereocenters. The first-order valence-corrected chi connectivity index (χ1v) is 12.2. The zero-order chi connectivity index (χ0) is 24.3. The Hall–Kier alpha value is -3.63. The second-order valence-corrected chi connectivity index (χ2v) is 9.91. The maximum Gasteiger partial charge on any atom is 0.269 e. The van der Waals surface area contributed by atoms with Crippen LogP contribution in [0.25, 0.3) is 0 Å². The van der Waals surface area contributed by atoms with Gasteiger partial charge in [-0.3, -0.25) is 29.6 Å². The minimum Gasteiger partial charge on any atom is -0.324 e. The van der Waals surface area contributed by atoms with E-state index < -0.39 is 28.1 Å². The van der Waals surface area contributed by atoms with Crippen molar-refractivity contribution < 1.29 is 18.9 Å². The minimum atomic E-state index is -1.41. The van der Waals surface area contributed by atoms with Crippen LogP contribution in [0.15, 0.2) is 67.0 Å². The van der Waals surface area contributed by atoms with Gasteiger partial charge in [0.25, 0.3) is 5.69 Å². The second-order valence-electron chi connectivity index (χ2n) is 8.91. The lowest BCUT2D eigenvalue weighted by Crippen LogP contribution is -2.52. The Morgan fingerprint density at radius 3 is 2.74 bits per heavy atom. The molecule has 1 spiro atoms. The Bertz CT molecular complexity index is 1370. The van der Waals surface area contributed by atoms with E-state index in [-0.39, 0.29) is 23.4 Å². The van der Waals surface area contributed by atoms with Crippen LogP contribution in [-0.4, -0.2) is 44.2 Å². The first kappa shape index (κ1) is 21.9. The molecule has 2 fully saturated rings. The average molecular weight is 491 g/mol. The van der Waals surface area contributed by atoms with Crippen molar-refractivity contribution in [1.29, 1.82) is 0 Å². The highest BCUT2D eigenvalue weighted by atomic mass is 32.2. The number of nitrogens with zero attached hydrogens (tertiary/aromatic N) is 3. The Balaban J connectivity index is 1.60. The molecule has 0 radical (unpaired) electrons. The summed E-state index contributed by atoms with van der Waals surface area (Å²) in [4.78, 5) is 44.9. The fraction of sp³-hybridized carbons (Fsp3) is 0.240. The number of hydrogen-bond donors (Lipinski definition) is 1. The number of halogens is 1. The largest absolute Gasteiger partial charge is 0.324 e. The molecule has 176 valence electrons. The summed E-state index contributed by atoms with van der Waals surface area (Å²) in [6.45, 7) is 0. The summed E-state index contributed by atoms with van der Waals surface area (Å²) in [5.41, 5.74) is 0.549. The maximum atomic E-state index is 14.5. The number of rotatable bonds is 4. The molecule has 4 heterocycles. The standard InChI is InChI=1S/C25H19FN4O4S/c26-16-5-8-19-18(10-16)25(24(32)28-19)22(23(31)15-2-1-9-27-11-15)21(20-12-35-13-29(20)25)14-3-6-17(7-4-14)30(33)34/h1-11,20-22H,12-13H2,(H,28,32)/t20?,21?,22?,25-/m1/s1. The molecule has 4 atom stereocenters. The molecular formula is C25H19FN4O4S. The highest BCUT2D eigenvalue weighted by Gasteiger charge is 2.69. The molecule has 1 N–H and O–H groups in total. The SMILES string of the molecule is O=C(c1cccnc1)C1C(c2ccc([N+](=O)[O-])cc2)C2CSCN2[C@@]12C(=O)Nc1ccc(F)cc12. The van der Waals surface area contributed by atoms with E-state index in [1.54, 1.807) is 42.2 Å². The highest BCUT2D eigenvalue weighted by Crippen LogP contribution is 2.61. The van der Waals surface area contributed by atoms with Gasteiger partial charge in [-0.05, 0) is 35.9 Å². The van der Waals surface area contributed by atoms with Gasteiger partial charge < -0.3 is 5.32 Å². The van der Waals surface area contributed by atoms with Crippen LogP contribution in [-0.2, 0) is 10.3 Å². The van der Waals surface area contributed by atoms with E-state index in [0.29, 0.717) is 28.4 Å². The number of carbonyl (C=O) groups is 2. The van der Waals surface area contributed by atoms with Gasteiger partial charge in [0.1, 0.15) is 11.4 Å². The molecule has 0 bridgehead atoms. The number of thioether (sulfide) groups is 1. The molecule has 0 saturated carbocycles. The van der Waals surface area contributed by atoms with Gasteiger partial charge in [0.05, 0.1) is 10.8 Å². The molecule has 6 rings (SSSR count). The van der Waals surface area contributed by atoms with E-state index in [0.717, 1.165) is 5.56 Å². The van der Waals surface area contributed by atoms with Gasteiger partial charge in [-0.2, -0.15) is 0 Å². The van der Waals surface area contributed by atoms with E-state index in [1.165, 1.54) is 36.5 Å². The van der Waals surface area contributed by atoms with E-state index in [4.69, 9.17) is 0 Å². The summed E-state index contributed by atoms with van der Waals surface area (Å²) in [6.07, 6.45) is 3.04. The number of nitro groups is 1. The molecule has 1 amide bonds. The van der Waals surface area contributed by atoms with E-state index >= 15 is 0 Å². The molecular weight excluding hydrogens is 471 g/mol. The Morgan fingerprint density at radius 2 is 2.03 bits per heavy atom. The fourth-order valence-corrected chi connectivity index (χ4v) is 7.25. The number of pyridine rings is 1. The van der Waals surface area contributed by atoms with E-state index in [2.05, 4.69) is 10.3 Å². The molecule has 8 nitrogen and oxygen atoms in total. The van der Waals surface area contributed by atoms with Crippen molar-refractivity contribution in [2.24, 2.45) is 5.92 Å². The van der Waals surface area contributed by atoms with Gasteiger partial charge in [-0.1, -0.05) is 12.1 Å². The number of Topliss-reactive ketones (excluding diaryl/α,β-unsaturated/α-hetero) is 1. The van der Waals surface area contributed by atoms with Crippen LogP contribution in [0.1, 0.15) is 27.4 Å². The quantitative estimate of drug-likeness (QED) is 0.335. The molecule has 10 heteroatoms. The molecule has 2 aromatic carbocycles. The van der Waals surface area contributed by atoms with Crippen LogP contribution in [0, 0.1) is 21.8 Å². The minimum absolute atomic E-state index is 0.0553. The second kappa shape index (κ2) is 7.96. The number of ketones is 1. The lowest BCUT2D eigenvalue weighted by Gasteiger charge is -2.36. The lowest BCUT2D eigenvalue weighted by atomic mass is 9.69. The first-order valence-electron chi connectivity index (χ1n) is 11.1. The van der Waals surface area contributed by atoms with Gasteiger partial charge in [0, 0.05) is 64.9 Å². The van der Waals surface area contributed by atoms with Gasteiger partial charge in [0.15, 0.2) is 5.78 Å². The molecule has 0 aliphatic carbocycles. The van der Waals surface area contributed by atoms with Crippen molar-refractivity contribution >= 4 is 34.8 Å². The van der Waals surface area contributed by atoms with Crippen LogP contribution < -0.4 is 5.32 Å². The molecule has 35 heavy (non-hydrogen) atoms. The van der Waals surface area contributed by atoms with Crippen molar-refractivity contribution in [3.8, 4) is 0 Å². The third kappa shape index (κ3) is 3.06. The number of fused-ring (bicyclic) bond motifs is 4. The van der Waals surface area contributed by atoms with Gasteiger partial charge >= 0.3 is 0 Å². The summed E-state index contributed by atoms with van der Waals surface area (Å²) >= 11 is 1.64. The normalized spacial score (nSPS) is 27.0. The summed E-state index contributed by atoms with van der Waals surface area (Å²) in [5, 5.41) is 14.1. The smallest absolute Gasteiger partial charge is 0.269 e.